The van der Waals surface area contributed by atoms with Crippen LogP contribution in [0.1, 0.15) is 17.7 Å². The standard InChI is InChI=1S/C18H21N3O3S/c1-13-11-19-18(25-13)20-17(23)14-7-9-21(10-8-14)16(22)12-24-15-5-3-2-4-6-15/h2-6,11,14H,7-10,12H2,1H3,(H,19,20,23). The molecule has 132 valence electrons. The van der Waals surface area contributed by atoms with Gasteiger partial charge in [-0.1, -0.05) is 18.2 Å². The van der Waals surface area contributed by atoms with Gasteiger partial charge in [0, 0.05) is 30.1 Å². The maximum absolute atomic E-state index is 12.3. The van der Waals surface area contributed by atoms with E-state index in [1.807, 2.05) is 37.3 Å². The van der Waals surface area contributed by atoms with Gasteiger partial charge in [-0.15, -0.1) is 11.3 Å². The highest BCUT2D eigenvalue weighted by Crippen LogP contribution is 2.22. The second-order valence-electron chi connectivity index (χ2n) is 6.02. The van der Waals surface area contributed by atoms with Crippen molar-refractivity contribution in [2.75, 3.05) is 25.0 Å². The zero-order valence-corrected chi connectivity index (χ0v) is 14.9. The van der Waals surface area contributed by atoms with Crippen LogP contribution in [-0.2, 0) is 9.59 Å². The third-order valence-corrected chi connectivity index (χ3v) is 5.00. The fourth-order valence-electron chi connectivity index (χ4n) is 2.76. The molecular formula is C18H21N3O3S. The Kier molecular flexibility index (Phi) is 5.65. The normalized spacial score (nSPS) is 15.0. The summed E-state index contributed by atoms with van der Waals surface area (Å²) >= 11 is 1.47. The van der Waals surface area contributed by atoms with Gasteiger partial charge in [0.15, 0.2) is 11.7 Å². The van der Waals surface area contributed by atoms with Crippen molar-refractivity contribution in [3.05, 3.63) is 41.4 Å². The Labute approximate surface area is 150 Å². The van der Waals surface area contributed by atoms with Gasteiger partial charge < -0.3 is 15.0 Å². The summed E-state index contributed by atoms with van der Waals surface area (Å²) in [6.07, 6.45) is 3.06. The number of hydrogen-bond acceptors (Lipinski definition) is 5. The van der Waals surface area contributed by atoms with E-state index in [1.54, 1.807) is 11.1 Å². The first-order chi connectivity index (χ1) is 12.1. The van der Waals surface area contributed by atoms with Gasteiger partial charge in [0.2, 0.25) is 5.91 Å². The Morgan fingerprint density at radius 2 is 2.00 bits per heavy atom. The first-order valence-corrected chi connectivity index (χ1v) is 9.12. The van der Waals surface area contributed by atoms with Gasteiger partial charge in [-0.25, -0.2) is 4.98 Å². The maximum Gasteiger partial charge on any atom is 0.260 e. The SMILES string of the molecule is Cc1cnc(NC(=O)C2CCN(C(=O)COc3ccccc3)CC2)s1. The molecule has 3 rings (SSSR count). The Morgan fingerprint density at radius 1 is 1.28 bits per heavy atom. The van der Waals surface area contributed by atoms with Crippen LogP contribution in [0.3, 0.4) is 0 Å². The summed E-state index contributed by atoms with van der Waals surface area (Å²) in [4.78, 5) is 31.5. The molecule has 25 heavy (non-hydrogen) atoms. The molecule has 1 aromatic carbocycles. The monoisotopic (exact) mass is 359 g/mol. The molecule has 2 aromatic rings. The van der Waals surface area contributed by atoms with Crippen LogP contribution in [0.5, 0.6) is 5.75 Å². The molecule has 0 atom stereocenters. The number of carbonyl (C=O) groups is 2. The molecule has 0 bridgehead atoms. The molecule has 0 radical (unpaired) electrons. The van der Waals surface area contributed by atoms with Gasteiger partial charge >= 0.3 is 0 Å². The third-order valence-electron chi connectivity index (χ3n) is 4.18. The number of anilines is 1. The first-order valence-electron chi connectivity index (χ1n) is 8.31. The number of thiazole rings is 1. The van der Waals surface area contributed by atoms with Crippen molar-refractivity contribution in [2.24, 2.45) is 5.92 Å². The van der Waals surface area contributed by atoms with Crippen LogP contribution in [0.15, 0.2) is 36.5 Å². The van der Waals surface area contributed by atoms with Crippen LogP contribution < -0.4 is 10.1 Å². The van der Waals surface area contributed by atoms with Gasteiger partial charge in [-0.05, 0) is 31.9 Å². The van der Waals surface area contributed by atoms with E-state index in [1.165, 1.54) is 11.3 Å². The van der Waals surface area contributed by atoms with Crippen LogP contribution in [0.2, 0.25) is 0 Å². The number of carbonyl (C=O) groups excluding carboxylic acids is 2. The number of aromatic nitrogens is 1. The minimum atomic E-state index is -0.0803. The zero-order valence-electron chi connectivity index (χ0n) is 14.1. The second-order valence-corrected chi connectivity index (χ2v) is 7.26. The highest BCUT2D eigenvalue weighted by Gasteiger charge is 2.27. The number of nitrogens with one attached hydrogen (secondary N) is 1. The van der Waals surface area contributed by atoms with E-state index in [-0.39, 0.29) is 24.3 Å². The predicted octanol–water partition coefficient (Wildman–Crippen LogP) is 2.71. The Hall–Kier alpha value is -2.41. The summed E-state index contributed by atoms with van der Waals surface area (Å²) in [5, 5.41) is 3.50. The molecule has 0 saturated carbocycles. The molecule has 7 heteroatoms. The molecule has 1 fully saturated rings. The van der Waals surface area contributed by atoms with E-state index in [4.69, 9.17) is 4.74 Å². The molecule has 2 heterocycles. The molecule has 0 aliphatic carbocycles. The van der Waals surface area contributed by atoms with E-state index < -0.39 is 0 Å². The van der Waals surface area contributed by atoms with E-state index in [0.29, 0.717) is 36.8 Å². The average Bonchev–Trinajstić information content (AvgIpc) is 3.05. The second kappa shape index (κ2) is 8.11. The van der Waals surface area contributed by atoms with Crippen LogP contribution in [0.4, 0.5) is 5.13 Å². The predicted molar refractivity (Wildman–Crippen MR) is 96.7 cm³/mol. The molecule has 1 aliphatic rings. The number of piperidine rings is 1. The number of likely N-dealkylation sites (tertiary alicyclic amines) is 1. The van der Waals surface area contributed by atoms with Crippen LogP contribution >= 0.6 is 11.3 Å². The number of aryl methyl sites for hydroxylation is 1. The third kappa shape index (κ3) is 4.79. The Morgan fingerprint density at radius 3 is 2.64 bits per heavy atom. The fourth-order valence-corrected chi connectivity index (χ4v) is 3.43. The van der Waals surface area contributed by atoms with Crippen molar-refractivity contribution in [1.82, 2.24) is 9.88 Å². The van der Waals surface area contributed by atoms with Crippen LogP contribution in [0, 0.1) is 12.8 Å². The number of rotatable bonds is 5. The topological polar surface area (TPSA) is 71.5 Å². The molecule has 2 amide bonds. The Balaban J connectivity index is 1.43. The molecule has 1 aliphatic heterocycles. The number of nitrogens with zero attached hydrogens (tertiary/aromatic N) is 2. The molecule has 1 aromatic heterocycles. The summed E-state index contributed by atoms with van der Waals surface area (Å²) in [6.45, 7) is 3.13. The van der Waals surface area contributed by atoms with Gasteiger partial charge in [0.25, 0.3) is 5.91 Å². The lowest BCUT2D eigenvalue weighted by Crippen LogP contribution is -2.43. The summed E-state index contributed by atoms with van der Waals surface area (Å²) in [5.74, 6) is 0.549. The number of para-hydroxylation sites is 1. The van der Waals surface area contributed by atoms with Crippen molar-refractivity contribution in [3.8, 4) is 5.75 Å². The molecular weight excluding hydrogens is 338 g/mol. The van der Waals surface area contributed by atoms with E-state index in [9.17, 15) is 9.59 Å². The van der Waals surface area contributed by atoms with Crippen molar-refractivity contribution in [1.29, 1.82) is 0 Å². The number of amides is 2. The van der Waals surface area contributed by atoms with E-state index >= 15 is 0 Å². The smallest absolute Gasteiger partial charge is 0.260 e. The molecule has 1 saturated heterocycles. The highest BCUT2D eigenvalue weighted by atomic mass is 32.1. The molecule has 1 N–H and O–H groups in total. The highest BCUT2D eigenvalue weighted by molar-refractivity contribution is 7.15. The molecule has 0 spiro atoms. The summed E-state index contributed by atoms with van der Waals surface area (Å²) in [7, 11) is 0. The summed E-state index contributed by atoms with van der Waals surface area (Å²) in [5.41, 5.74) is 0. The summed E-state index contributed by atoms with van der Waals surface area (Å²) in [6, 6.07) is 9.29. The quantitative estimate of drug-likeness (QED) is 0.891. The van der Waals surface area contributed by atoms with Crippen molar-refractivity contribution in [2.45, 2.75) is 19.8 Å². The van der Waals surface area contributed by atoms with Crippen molar-refractivity contribution < 1.29 is 14.3 Å². The van der Waals surface area contributed by atoms with Crippen molar-refractivity contribution >= 4 is 28.3 Å². The first kappa shape index (κ1) is 17.4. The fraction of sp³-hybridized carbons (Fsp3) is 0.389. The number of benzene rings is 1. The lowest BCUT2D eigenvalue weighted by Gasteiger charge is -2.31. The van der Waals surface area contributed by atoms with Crippen molar-refractivity contribution in [3.63, 3.8) is 0 Å². The van der Waals surface area contributed by atoms with E-state index in [2.05, 4.69) is 10.3 Å². The van der Waals surface area contributed by atoms with Gasteiger partial charge in [0.05, 0.1) is 0 Å². The van der Waals surface area contributed by atoms with Gasteiger partial charge in [-0.3, -0.25) is 9.59 Å². The largest absolute Gasteiger partial charge is 0.484 e. The zero-order chi connectivity index (χ0) is 17.6. The number of ether oxygens (including phenoxy) is 1. The van der Waals surface area contributed by atoms with E-state index in [0.717, 1.165) is 4.88 Å². The maximum atomic E-state index is 12.3. The molecule has 0 unspecified atom stereocenters. The minimum Gasteiger partial charge on any atom is -0.484 e. The Bertz CT molecular complexity index is 724. The molecule has 6 nitrogen and oxygen atoms in total. The average molecular weight is 359 g/mol. The minimum absolute atomic E-state index is 0.0121. The lowest BCUT2D eigenvalue weighted by atomic mass is 9.96. The van der Waals surface area contributed by atoms with Crippen LogP contribution in [0.25, 0.3) is 0 Å². The van der Waals surface area contributed by atoms with Gasteiger partial charge in [-0.2, -0.15) is 0 Å². The number of hydrogen-bond donors (Lipinski definition) is 1. The summed E-state index contributed by atoms with van der Waals surface area (Å²) < 4.78 is 5.50. The van der Waals surface area contributed by atoms with Crippen LogP contribution in [-0.4, -0.2) is 41.4 Å². The van der Waals surface area contributed by atoms with Gasteiger partial charge in [0.1, 0.15) is 5.75 Å². The lowest BCUT2D eigenvalue weighted by molar-refractivity contribution is -0.136.